The summed E-state index contributed by atoms with van der Waals surface area (Å²) in [6.07, 6.45) is 0. The zero-order valence-corrected chi connectivity index (χ0v) is 21.6. The Labute approximate surface area is 239 Å². The van der Waals surface area contributed by atoms with E-state index >= 15 is 0 Å². The molecule has 0 spiro atoms. The van der Waals surface area contributed by atoms with Crippen LogP contribution < -0.4 is 10.9 Å². The molecule has 0 saturated heterocycles. The van der Waals surface area contributed by atoms with Crippen molar-refractivity contribution in [1.82, 2.24) is 0 Å². The summed E-state index contributed by atoms with van der Waals surface area (Å²) in [5.41, 5.74) is -0.159. The first-order valence-electron chi connectivity index (χ1n) is 12.0. The van der Waals surface area contributed by atoms with Gasteiger partial charge in [0, 0.05) is 35.4 Å². The third-order valence-corrected chi connectivity index (χ3v) is 6.20. The van der Waals surface area contributed by atoms with Crippen LogP contribution in [-0.2, 0) is 0 Å². The van der Waals surface area contributed by atoms with Crippen molar-refractivity contribution in [2.24, 2.45) is 0 Å². The molecule has 4 aromatic carbocycles. The molecule has 0 atom stereocenters. The SMILES string of the molecule is O.O=c1cc(-c2ccc(O)cc2)oc2cc(O)c(O)c(O)c12.O=c1cc(-c2ccc(O)cc2)oc2cc(O)c(O)c(O)c12. The first kappa shape index (κ1) is 29.6. The van der Waals surface area contributed by atoms with Gasteiger partial charge in [-0.25, -0.2) is 0 Å². The lowest BCUT2D eigenvalue weighted by Gasteiger charge is -2.07. The van der Waals surface area contributed by atoms with E-state index in [1.165, 1.54) is 24.3 Å². The molecule has 0 unspecified atom stereocenters. The smallest absolute Gasteiger partial charge is 0.201 e. The molecule has 6 aromatic rings. The van der Waals surface area contributed by atoms with Crippen molar-refractivity contribution in [3.8, 4) is 68.6 Å². The molecule has 2 aromatic heterocycles. The summed E-state index contributed by atoms with van der Waals surface area (Å²) in [4.78, 5) is 24.1. The third kappa shape index (κ3) is 5.51. The highest BCUT2D eigenvalue weighted by atomic mass is 16.4. The van der Waals surface area contributed by atoms with Crippen LogP contribution in [0.3, 0.4) is 0 Å². The standard InChI is InChI=1S/2C15H10O6.H2O/c2*16-8-3-1-7(2-4-8)11-5-9(17)13-12(21-11)6-10(18)14(19)15(13)20;/h2*1-6,16,18-20H;1H2. The Bertz CT molecular complexity index is 1940. The van der Waals surface area contributed by atoms with Crippen LogP contribution in [0.5, 0.6) is 46.0 Å². The fraction of sp³-hybridized carbons (Fsp3) is 0. The summed E-state index contributed by atoms with van der Waals surface area (Å²) in [6, 6.07) is 16.4. The lowest BCUT2D eigenvalue weighted by Crippen LogP contribution is -2.00. The molecule has 13 heteroatoms. The second-order valence-electron chi connectivity index (χ2n) is 8.98. The van der Waals surface area contributed by atoms with E-state index in [0.717, 1.165) is 24.3 Å². The summed E-state index contributed by atoms with van der Waals surface area (Å²) in [6.45, 7) is 0. The zero-order valence-electron chi connectivity index (χ0n) is 21.6. The number of phenolic OH excluding ortho intramolecular Hbond substituents is 8. The summed E-state index contributed by atoms with van der Waals surface area (Å²) in [7, 11) is 0. The van der Waals surface area contributed by atoms with Crippen molar-refractivity contribution in [2.75, 3.05) is 0 Å². The van der Waals surface area contributed by atoms with Gasteiger partial charge in [0.25, 0.3) is 0 Å². The van der Waals surface area contributed by atoms with E-state index in [2.05, 4.69) is 0 Å². The molecule has 0 bridgehead atoms. The Morgan fingerprint density at radius 3 is 1.09 bits per heavy atom. The van der Waals surface area contributed by atoms with E-state index in [-0.39, 0.29) is 50.4 Å². The predicted octanol–water partition coefficient (Wildman–Crippen LogP) is 3.74. The van der Waals surface area contributed by atoms with Crippen molar-refractivity contribution in [1.29, 1.82) is 0 Å². The highest BCUT2D eigenvalue weighted by molar-refractivity contribution is 5.90. The Morgan fingerprint density at radius 1 is 0.442 bits per heavy atom. The third-order valence-electron chi connectivity index (χ3n) is 6.20. The van der Waals surface area contributed by atoms with E-state index in [0.29, 0.717) is 11.1 Å². The molecule has 220 valence electrons. The number of benzene rings is 4. The average Bonchev–Trinajstić information content (AvgIpc) is 2.95. The van der Waals surface area contributed by atoms with Crippen LogP contribution in [0.2, 0.25) is 0 Å². The van der Waals surface area contributed by atoms with Gasteiger partial charge in [-0.3, -0.25) is 9.59 Å². The molecular formula is C30H22O13. The van der Waals surface area contributed by atoms with Crippen molar-refractivity contribution in [3.63, 3.8) is 0 Å². The molecule has 10 N–H and O–H groups in total. The lowest BCUT2D eigenvalue weighted by molar-refractivity contribution is 0.370. The molecule has 0 aliphatic carbocycles. The molecule has 0 aliphatic heterocycles. The van der Waals surface area contributed by atoms with Crippen LogP contribution in [0, 0.1) is 0 Å². The molecule has 0 fully saturated rings. The number of aromatic hydroxyl groups is 8. The first-order chi connectivity index (χ1) is 19.9. The van der Waals surface area contributed by atoms with Gasteiger partial charge in [0.2, 0.25) is 11.5 Å². The normalized spacial score (nSPS) is 10.6. The summed E-state index contributed by atoms with van der Waals surface area (Å²) < 4.78 is 10.9. The van der Waals surface area contributed by atoms with Crippen LogP contribution in [0.15, 0.2) is 91.2 Å². The lowest BCUT2D eigenvalue weighted by atomic mass is 10.1. The maximum atomic E-state index is 12.1. The highest BCUT2D eigenvalue weighted by Gasteiger charge is 2.18. The number of phenols is 8. The minimum atomic E-state index is -0.771. The Balaban J connectivity index is 0.000000192. The van der Waals surface area contributed by atoms with Gasteiger partial charge in [-0.1, -0.05) is 0 Å². The van der Waals surface area contributed by atoms with E-state index < -0.39 is 45.4 Å². The Kier molecular flexibility index (Phi) is 7.77. The molecule has 13 nitrogen and oxygen atoms in total. The van der Waals surface area contributed by atoms with Crippen LogP contribution >= 0.6 is 0 Å². The van der Waals surface area contributed by atoms with E-state index in [4.69, 9.17) is 8.83 Å². The molecule has 6 rings (SSSR count). The number of hydrogen-bond acceptors (Lipinski definition) is 12. The van der Waals surface area contributed by atoms with Gasteiger partial charge in [0.05, 0.1) is 0 Å². The van der Waals surface area contributed by atoms with Gasteiger partial charge in [-0.15, -0.1) is 0 Å². The van der Waals surface area contributed by atoms with Gasteiger partial charge in [0.1, 0.15) is 45.0 Å². The quantitative estimate of drug-likeness (QED) is 0.134. The van der Waals surface area contributed by atoms with E-state index in [1.807, 2.05) is 0 Å². The largest absolute Gasteiger partial charge is 0.508 e. The Morgan fingerprint density at radius 2 is 0.767 bits per heavy atom. The Hall–Kier alpha value is -6.34. The predicted molar refractivity (Wildman–Crippen MR) is 153 cm³/mol. The second kappa shape index (κ2) is 11.3. The van der Waals surface area contributed by atoms with Gasteiger partial charge in [-0.2, -0.15) is 0 Å². The van der Waals surface area contributed by atoms with Crippen LogP contribution in [0.1, 0.15) is 0 Å². The van der Waals surface area contributed by atoms with Crippen molar-refractivity contribution < 1.29 is 55.2 Å². The molecule has 0 amide bonds. The van der Waals surface area contributed by atoms with E-state index in [1.54, 1.807) is 24.3 Å². The minimum absolute atomic E-state index is 0. The van der Waals surface area contributed by atoms with Crippen molar-refractivity contribution in [2.45, 2.75) is 0 Å². The molecular weight excluding hydrogens is 568 g/mol. The zero-order chi connectivity index (χ0) is 30.3. The number of hydrogen-bond donors (Lipinski definition) is 8. The second-order valence-corrected chi connectivity index (χ2v) is 8.98. The highest BCUT2D eigenvalue weighted by Crippen LogP contribution is 2.41. The molecule has 0 radical (unpaired) electrons. The summed E-state index contributed by atoms with van der Waals surface area (Å²) in [5.74, 6) is -3.62. The average molecular weight is 590 g/mol. The fourth-order valence-corrected chi connectivity index (χ4v) is 4.09. The maximum Gasteiger partial charge on any atom is 0.201 e. The monoisotopic (exact) mass is 590 g/mol. The molecule has 43 heavy (non-hydrogen) atoms. The van der Waals surface area contributed by atoms with E-state index in [9.17, 15) is 50.4 Å². The van der Waals surface area contributed by atoms with Crippen LogP contribution in [0.25, 0.3) is 44.6 Å². The van der Waals surface area contributed by atoms with Gasteiger partial charge in [0.15, 0.2) is 33.9 Å². The van der Waals surface area contributed by atoms with Crippen molar-refractivity contribution >= 4 is 21.9 Å². The van der Waals surface area contributed by atoms with Crippen LogP contribution in [-0.4, -0.2) is 46.3 Å². The fourth-order valence-electron chi connectivity index (χ4n) is 4.09. The number of fused-ring (bicyclic) bond motifs is 2. The number of rotatable bonds is 2. The summed E-state index contributed by atoms with van der Waals surface area (Å²) in [5, 5.41) is 75.3. The topological polar surface area (TPSA) is 254 Å². The maximum absolute atomic E-state index is 12.1. The van der Waals surface area contributed by atoms with Crippen molar-refractivity contribution in [3.05, 3.63) is 93.2 Å². The molecule has 2 heterocycles. The molecule has 0 aliphatic rings. The van der Waals surface area contributed by atoms with Crippen LogP contribution in [0.4, 0.5) is 0 Å². The minimum Gasteiger partial charge on any atom is -0.508 e. The first-order valence-corrected chi connectivity index (χ1v) is 12.0. The van der Waals surface area contributed by atoms with Gasteiger partial charge >= 0.3 is 0 Å². The molecule has 0 saturated carbocycles. The van der Waals surface area contributed by atoms with Gasteiger partial charge < -0.3 is 55.2 Å². The summed E-state index contributed by atoms with van der Waals surface area (Å²) >= 11 is 0. The van der Waals surface area contributed by atoms with Gasteiger partial charge in [-0.05, 0) is 48.5 Å².